The van der Waals surface area contributed by atoms with Crippen LogP contribution >= 0.6 is 0 Å². The van der Waals surface area contributed by atoms with E-state index in [1.165, 1.54) is 32.3 Å². The minimum absolute atomic E-state index is 0.0457. The number of carbonyl (C=O) groups is 2. The third-order valence-corrected chi connectivity index (χ3v) is 6.28. The number of methoxy groups -OCH3 is 3. The van der Waals surface area contributed by atoms with Crippen LogP contribution in [0.3, 0.4) is 0 Å². The average Bonchev–Trinajstić information content (AvgIpc) is 3.42. The van der Waals surface area contributed by atoms with Crippen LogP contribution in [0.5, 0.6) is 17.2 Å². The number of furan rings is 1. The van der Waals surface area contributed by atoms with Gasteiger partial charge in [0.1, 0.15) is 5.76 Å². The van der Waals surface area contributed by atoms with Gasteiger partial charge in [0.2, 0.25) is 11.5 Å². The monoisotopic (exact) mass is 486 g/mol. The van der Waals surface area contributed by atoms with E-state index in [2.05, 4.69) is 4.90 Å². The lowest BCUT2D eigenvalue weighted by Crippen LogP contribution is -2.43. The zero-order valence-corrected chi connectivity index (χ0v) is 20.3. The van der Waals surface area contributed by atoms with Gasteiger partial charge in [0.05, 0.1) is 46.2 Å². The summed E-state index contributed by atoms with van der Waals surface area (Å²) in [6.07, 6.45) is 0. The summed E-state index contributed by atoms with van der Waals surface area (Å²) < 4.78 is 27.3. The first-order valence-electron chi connectivity index (χ1n) is 11.3. The number of aryl methyl sites for hydroxylation is 1. The number of Topliss-reactive ketones (excluding diaryl/α,β-unsaturated/α-hetero) is 1. The highest BCUT2D eigenvalue weighted by atomic mass is 16.5. The predicted octanol–water partition coefficient (Wildman–Crippen LogP) is 2.52. The highest BCUT2D eigenvalue weighted by molar-refractivity contribution is 6.15. The van der Waals surface area contributed by atoms with E-state index < -0.39 is 23.5 Å². The molecule has 1 amide bonds. The number of benzene rings is 1. The molecule has 1 saturated heterocycles. The molecule has 2 aliphatic rings. The summed E-state index contributed by atoms with van der Waals surface area (Å²) in [4.78, 5) is 30.4. The van der Waals surface area contributed by atoms with Crippen molar-refractivity contribution in [1.82, 2.24) is 9.80 Å². The van der Waals surface area contributed by atoms with Crippen LogP contribution in [0.4, 0.5) is 0 Å². The highest BCUT2D eigenvalue weighted by Crippen LogP contribution is 2.45. The third kappa shape index (κ3) is 4.71. The first-order valence-corrected chi connectivity index (χ1v) is 11.3. The first kappa shape index (κ1) is 24.6. The number of ether oxygens (including phenoxy) is 4. The molecular weight excluding hydrogens is 456 g/mol. The first-order chi connectivity index (χ1) is 16.9. The molecule has 0 bridgehead atoms. The molecule has 188 valence electrons. The Morgan fingerprint density at radius 3 is 2.26 bits per heavy atom. The quantitative estimate of drug-likeness (QED) is 0.535. The zero-order valence-electron chi connectivity index (χ0n) is 20.3. The van der Waals surface area contributed by atoms with E-state index in [1.54, 1.807) is 25.1 Å². The summed E-state index contributed by atoms with van der Waals surface area (Å²) in [5, 5.41) is 10.9. The maximum Gasteiger partial charge on any atom is 0.290 e. The van der Waals surface area contributed by atoms with Gasteiger partial charge >= 0.3 is 0 Å². The fraction of sp³-hybridized carbons (Fsp3) is 0.440. The van der Waals surface area contributed by atoms with Crippen LogP contribution in [0.15, 0.2) is 40.0 Å². The summed E-state index contributed by atoms with van der Waals surface area (Å²) in [6, 6.07) is 5.67. The Balaban J connectivity index is 1.77. The molecule has 2 aliphatic heterocycles. The van der Waals surface area contributed by atoms with Crippen molar-refractivity contribution in [2.75, 3.05) is 60.7 Å². The van der Waals surface area contributed by atoms with Crippen molar-refractivity contribution >= 4 is 11.7 Å². The number of rotatable bonds is 9. The molecule has 1 aromatic carbocycles. The molecule has 0 radical (unpaired) electrons. The Hall–Kier alpha value is -3.50. The molecule has 0 saturated carbocycles. The second-order valence-corrected chi connectivity index (χ2v) is 8.32. The van der Waals surface area contributed by atoms with Crippen molar-refractivity contribution in [2.45, 2.75) is 13.0 Å². The lowest BCUT2D eigenvalue weighted by Gasteiger charge is -2.32. The van der Waals surface area contributed by atoms with Gasteiger partial charge in [0, 0.05) is 26.2 Å². The summed E-state index contributed by atoms with van der Waals surface area (Å²) in [5.41, 5.74) is 0.478. The Kier molecular flexibility index (Phi) is 7.32. The highest BCUT2D eigenvalue weighted by Gasteiger charge is 2.45. The van der Waals surface area contributed by atoms with Gasteiger partial charge < -0.3 is 33.4 Å². The maximum atomic E-state index is 13.5. The summed E-state index contributed by atoms with van der Waals surface area (Å²) in [6.45, 7) is 5.30. The van der Waals surface area contributed by atoms with Crippen molar-refractivity contribution in [1.29, 1.82) is 0 Å². The van der Waals surface area contributed by atoms with Crippen LogP contribution in [0.1, 0.15) is 27.9 Å². The number of morpholine rings is 1. The molecule has 4 rings (SSSR count). The van der Waals surface area contributed by atoms with Crippen molar-refractivity contribution in [3.8, 4) is 17.2 Å². The number of carbonyl (C=O) groups excluding carboxylic acids is 2. The van der Waals surface area contributed by atoms with Crippen LogP contribution < -0.4 is 14.2 Å². The smallest absolute Gasteiger partial charge is 0.290 e. The van der Waals surface area contributed by atoms with E-state index in [4.69, 9.17) is 23.4 Å². The van der Waals surface area contributed by atoms with Crippen LogP contribution in [0.25, 0.3) is 0 Å². The molecule has 0 unspecified atom stereocenters. The Labute approximate surface area is 203 Å². The maximum absolute atomic E-state index is 13.5. The van der Waals surface area contributed by atoms with Crippen LogP contribution in [0, 0.1) is 6.92 Å². The lowest BCUT2D eigenvalue weighted by atomic mass is 9.94. The average molecular weight is 487 g/mol. The summed E-state index contributed by atoms with van der Waals surface area (Å²) in [5.74, 6) is -0.0600. The Bertz CT molecular complexity index is 1110. The molecule has 10 nitrogen and oxygen atoms in total. The van der Waals surface area contributed by atoms with E-state index >= 15 is 0 Å². The van der Waals surface area contributed by atoms with Crippen LogP contribution in [0.2, 0.25) is 0 Å². The second kappa shape index (κ2) is 10.4. The minimum atomic E-state index is -0.879. The van der Waals surface area contributed by atoms with Gasteiger partial charge in [-0.15, -0.1) is 0 Å². The molecule has 35 heavy (non-hydrogen) atoms. The largest absolute Gasteiger partial charge is 0.503 e. The summed E-state index contributed by atoms with van der Waals surface area (Å²) >= 11 is 0. The van der Waals surface area contributed by atoms with Gasteiger partial charge in [-0.05, 0) is 36.8 Å². The summed E-state index contributed by atoms with van der Waals surface area (Å²) in [7, 11) is 4.47. The van der Waals surface area contributed by atoms with E-state index in [1.807, 2.05) is 0 Å². The van der Waals surface area contributed by atoms with Crippen LogP contribution in [-0.4, -0.2) is 87.3 Å². The number of nitrogens with zero attached hydrogens (tertiary/aromatic N) is 2. The van der Waals surface area contributed by atoms with E-state index in [9.17, 15) is 14.7 Å². The molecule has 2 aromatic rings. The van der Waals surface area contributed by atoms with Gasteiger partial charge in [0.15, 0.2) is 23.0 Å². The number of hydrogen-bond acceptors (Lipinski definition) is 9. The van der Waals surface area contributed by atoms with Gasteiger partial charge in [-0.1, -0.05) is 0 Å². The number of ketones is 1. The standard InChI is InChI=1S/C25H30N2O8/c1-15-5-6-17(35-15)22(28)20-21(16-13-18(31-2)24(33-4)19(14-16)32-3)27(25(30)23(20)29)8-7-26-9-11-34-12-10-26/h5-6,13-14,21,29H,7-12H2,1-4H3/t21-/m0/s1. The van der Waals surface area contributed by atoms with Crippen molar-refractivity contribution < 1.29 is 38.1 Å². The Morgan fingerprint density at radius 2 is 1.71 bits per heavy atom. The third-order valence-electron chi connectivity index (χ3n) is 6.28. The molecule has 3 heterocycles. The SMILES string of the molecule is COc1cc([C@H]2C(C(=O)c3ccc(C)o3)=C(O)C(=O)N2CCN2CCOCC2)cc(OC)c1OC. The van der Waals surface area contributed by atoms with Crippen molar-refractivity contribution in [2.24, 2.45) is 0 Å². The Morgan fingerprint density at radius 1 is 1.06 bits per heavy atom. The van der Waals surface area contributed by atoms with Gasteiger partial charge in [-0.25, -0.2) is 0 Å². The molecule has 0 aliphatic carbocycles. The number of hydrogen-bond donors (Lipinski definition) is 1. The zero-order chi connectivity index (χ0) is 25.1. The molecule has 1 atom stereocenters. The fourth-order valence-corrected chi connectivity index (χ4v) is 4.49. The van der Waals surface area contributed by atoms with Gasteiger partial charge in [-0.2, -0.15) is 0 Å². The van der Waals surface area contributed by atoms with Gasteiger partial charge in [-0.3, -0.25) is 14.5 Å². The lowest BCUT2D eigenvalue weighted by molar-refractivity contribution is -0.129. The number of aliphatic hydroxyl groups excluding tert-OH is 1. The second-order valence-electron chi connectivity index (χ2n) is 8.32. The topological polar surface area (TPSA) is 111 Å². The normalized spacial score (nSPS) is 18.8. The van der Waals surface area contributed by atoms with Crippen LogP contribution in [-0.2, 0) is 9.53 Å². The van der Waals surface area contributed by atoms with E-state index in [-0.39, 0.29) is 17.9 Å². The minimum Gasteiger partial charge on any atom is -0.503 e. The van der Waals surface area contributed by atoms with E-state index in [0.29, 0.717) is 48.3 Å². The predicted molar refractivity (Wildman–Crippen MR) is 125 cm³/mol. The molecule has 1 N–H and O–H groups in total. The number of amides is 1. The molecule has 1 aromatic heterocycles. The van der Waals surface area contributed by atoms with Gasteiger partial charge in [0.25, 0.3) is 5.91 Å². The van der Waals surface area contributed by atoms with E-state index in [0.717, 1.165) is 13.1 Å². The molecule has 1 fully saturated rings. The van der Waals surface area contributed by atoms with Crippen molar-refractivity contribution in [3.63, 3.8) is 0 Å². The van der Waals surface area contributed by atoms with Crippen molar-refractivity contribution in [3.05, 3.63) is 52.7 Å². The fourth-order valence-electron chi connectivity index (χ4n) is 4.49. The number of aliphatic hydroxyl groups is 1. The molecule has 10 heteroatoms. The molecule has 0 spiro atoms. The molecular formula is C25H30N2O8.